The predicted octanol–water partition coefficient (Wildman–Crippen LogP) is 2.31. The Labute approximate surface area is 120 Å². The number of nitrogens with one attached hydrogen (secondary N) is 1. The molecule has 0 radical (unpaired) electrons. The Morgan fingerprint density at radius 2 is 2.20 bits per heavy atom. The zero-order chi connectivity index (χ0) is 14.4. The summed E-state index contributed by atoms with van der Waals surface area (Å²) in [5.41, 5.74) is 1.79. The predicted molar refractivity (Wildman–Crippen MR) is 78.1 cm³/mol. The fourth-order valence-corrected chi connectivity index (χ4v) is 2.48. The monoisotopic (exact) mass is 271 g/mol. The normalized spacial score (nSPS) is 16.6. The van der Waals surface area contributed by atoms with Gasteiger partial charge in [-0.15, -0.1) is 0 Å². The topological polar surface area (TPSA) is 56.1 Å². The number of hydrogen-bond acceptors (Lipinski definition) is 3. The van der Waals surface area contributed by atoms with E-state index in [2.05, 4.69) is 22.4 Å². The van der Waals surface area contributed by atoms with Crippen LogP contribution in [0.3, 0.4) is 0 Å². The van der Waals surface area contributed by atoms with Crippen molar-refractivity contribution in [3.63, 3.8) is 0 Å². The molecule has 2 rings (SSSR count). The first kappa shape index (κ1) is 14.5. The van der Waals surface area contributed by atoms with Gasteiger partial charge >= 0.3 is 0 Å². The molecule has 0 unspecified atom stereocenters. The van der Waals surface area contributed by atoms with Gasteiger partial charge in [0.1, 0.15) is 6.04 Å². The van der Waals surface area contributed by atoms with Crippen LogP contribution in [-0.2, 0) is 6.54 Å². The highest BCUT2D eigenvalue weighted by molar-refractivity contribution is 5.94. The summed E-state index contributed by atoms with van der Waals surface area (Å²) in [5.74, 6) is -0.165. The summed E-state index contributed by atoms with van der Waals surface area (Å²) in [6.07, 6.45) is 3.15. The molecular weight excluding hydrogens is 250 g/mol. The van der Waals surface area contributed by atoms with Gasteiger partial charge in [-0.1, -0.05) is 19.1 Å². The molecule has 1 fully saturated rings. The molecular formula is C16H21N3O. The van der Waals surface area contributed by atoms with Gasteiger partial charge in [0.15, 0.2) is 0 Å². The number of rotatable bonds is 5. The Bertz CT molecular complexity index is 501. The Kier molecular flexibility index (Phi) is 5.14. The number of carbonyl (C=O) groups excluding carboxylic acids is 1. The average molecular weight is 271 g/mol. The molecule has 20 heavy (non-hydrogen) atoms. The SMILES string of the molecule is CC[C@@H](C#N)NC(=O)c1cccc(CN2CCCC2)c1. The number of hydrogen-bond donors (Lipinski definition) is 1. The van der Waals surface area contributed by atoms with Crippen molar-refractivity contribution in [2.45, 2.75) is 38.8 Å². The fourth-order valence-electron chi connectivity index (χ4n) is 2.48. The van der Waals surface area contributed by atoms with Crippen molar-refractivity contribution in [3.05, 3.63) is 35.4 Å². The van der Waals surface area contributed by atoms with Gasteiger partial charge in [0.05, 0.1) is 6.07 Å². The molecule has 1 amide bonds. The van der Waals surface area contributed by atoms with Crippen molar-refractivity contribution in [1.29, 1.82) is 5.26 Å². The molecule has 1 atom stereocenters. The molecule has 4 heteroatoms. The highest BCUT2D eigenvalue weighted by Crippen LogP contribution is 2.14. The van der Waals surface area contributed by atoms with Gasteiger partial charge in [-0.05, 0) is 50.0 Å². The molecule has 1 heterocycles. The van der Waals surface area contributed by atoms with E-state index in [1.807, 2.05) is 19.1 Å². The maximum atomic E-state index is 12.1. The number of nitrogens with zero attached hydrogens (tertiary/aromatic N) is 2. The van der Waals surface area contributed by atoms with Crippen LogP contribution >= 0.6 is 0 Å². The number of likely N-dealkylation sites (tertiary alicyclic amines) is 1. The van der Waals surface area contributed by atoms with Crippen LogP contribution in [0.2, 0.25) is 0 Å². The second-order valence-electron chi connectivity index (χ2n) is 5.25. The van der Waals surface area contributed by atoms with Crippen molar-refractivity contribution >= 4 is 5.91 Å². The number of benzene rings is 1. The Morgan fingerprint density at radius 1 is 1.45 bits per heavy atom. The molecule has 0 aromatic heterocycles. The summed E-state index contributed by atoms with van der Waals surface area (Å²) in [6, 6.07) is 9.36. The second-order valence-corrected chi connectivity index (χ2v) is 5.25. The molecule has 0 spiro atoms. The third-order valence-electron chi connectivity index (χ3n) is 3.66. The third kappa shape index (κ3) is 3.82. The maximum Gasteiger partial charge on any atom is 0.252 e. The molecule has 0 aliphatic carbocycles. The van der Waals surface area contributed by atoms with E-state index in [0.29, 0.717) is 12.0 Å². The van der Waals surface area contributed by atoms with Crippen molar-refractivity contribution in [3.8, 4) is 6.07 Å². The summed E-state index contributed by atoms with van der Waals surface area (Å²) < 4.78 is 0. The van der Waals surface area contributed by atoms with E-state index in [-0.39, 0.29) is 5.91 Å². The van der Waals surface area contributed by atoms with Crippen molar-refractivity contribution in [2.24, 2.45) is 0 Å². The van der Waals surface area contributed by atoms with Gasteiger partial charge in [0, 0.05) is 12.1 Å². The largest absolute Gasteiger partial charge is 0.336 e. The minimum absolute atomic E-state index is 0.165. The van der Waals surface area contributed by atoms with Crippen LogP contribution in [0, 0.1) is 11.3 Å². The van der Waals surface area contributed by atoms with Crippen LogP contribution in [0.5, 0.6) is 0 Å². The van der Waals surface area contributed by atoms with E-state index in [1.54, 1.807) is 6.07 Å². The third-order valence-corrected chi connectivity index (χ3v) is 3.66. The fraction of sp³-hybridized carbons (Fsp3) is 0.500. The lowest BCUT2D eigenvalue weighted by Crippen LogP contribution is -2.33. The van der Waals surface area contributed by atoms with Gasteiger partial charge in [0.25, 0.3) is 5.91 Å². The molecule has 4 nitrogen and oxygen atoms in total. The molecule has 0 saturated carbocycles. The van der Waals surface area contributed by atoms with Crippen molar-refractivity contribution in [1.82, 2.24) is 10.2 Å². The molecule has 1 aliphatic rings. The minimum atomic E-state index is -0.412. The lowest BCUT2D eigenvalue weighted by molar-refractivity contribution is 0.0944. The summed E-state index contributed by atoms with van der Waals surface area (Å²) in [6.45, 7) is 5.07. The van der Waals surface area contributed by atoms with Gasteiger partial charge in [-0.25, -0.2) is 0 Å². The number of nitriles is 1. The van der Waals surface area contributed by atoms with Crippen molar-refractivity contribution < 1.29 is 4.79 Å². The maximum absolute atomic E-state index is 12.1. The quantitative estimate of drug-likeness (QED) is 0.894. The van der Waals surface area contributed by atoms with E-state index in [4.69, 9.17) is 5.26 Å². The average Bonchev–Trinajstić information content (AvgIpc) is 2.97. The Morgan fingerprint density at radius 3 is 2.85 bits per heavy atom. The minimum Gasteiger partial charge on any atom is -0.336 e. The molecule has 1 aromatic carbocycles. The van der Waals surface area contributed by atoms with Gasteiger partial charge in [-0.2, -0.15) is 5.26 Å². The summed E-state index contributed by atoms with van der Waals surface area (Å²) >= 11 is 0. The Balaban J connectivity index is 2.01. The molecule has 1 aliphatic heterocycles. The van der Waals surface area contributed by atoms with Gasteiger partial charge in [0.2, 0.25) is 0 Å². The van der Waals surface area contributed by atoms with E-state index < -0.39 is 6.04 Å². The van der Waals surface area contributed by atoms with Crippen LogP contribution in [-0.4, -0.2) is 29.9 Å². The summed E-state index contributed by atoms with van der Waals surface area (Å²) in [7, 11) is 0. The molecule has 1 N–H and O–H groups in total. The van der Waals surface area contributed by atoms with Crippen LogP contribution in [0.15, 0.2) is 24.3 Å². The lowest BCUT2D eigenvalue weighted by Gasteiger charge is -2.15. The van der Waals surface area contributed by atoms with E-state index >= 15 is 0 Å². The molecule has 1 aromatic rings. The van der Waals surface area contributed by atoms with E-state index in [0.717, 1.165) is 25.2 Å². The zero-order valence-electron chi connectivity index (χ0n) is 11.9. The first-order chi connectivity index (χ1) is 9.72. The number of carbonyl (C=O) groups is 1. The summed E-state index contributed by atoms with van der Waals surface area (Å²) in [4.78, 5) is 14.5. The standard InChI is InChI=1S/C16H21N3O/c1-2-15(11-17)18-16(20)14-7-5-6-13(10-14)12-19-8-3-4-9-19/h5-7,10,15H,2-4,8-9,12H2,1H3,(H,18,20)/t15-/m0/s1. The molecule has 0 bridgehead atoms. The highest BCUT2D eigenvalue weighted by Gasteiger charge is 2.14. The van der Waals surface area contributed by atoms with Gasteiger partial charge in [-0.3, -0.25) is 9.69 Å². The van der Waals surface area contributed by atoms with E-state index in [9.17, 15) is 4.79 Å². The first-order valence-corrected chi connectivity index (χ1v) is 7.24. The Hall–Kier alpha value is -1.86. The zero-order valence-corrected chi connectivity index (χ0v) is 11.9. The van der Waals surface area contributed by atoms with Crippen LogP contribution in [0.25, 0.3) is 0 Å². The summed E-state index contributed by atoms with van der Waals surface area (Å²) in [5, 5.41) is 11.6. The first-order valence-electron chi connectivity index (χ1n) is 7.24. The van der Waals surface area contributed by atoms with Gasteiger partial charge < -0.3 is 5.32 Å². The smallest absolute Gasteiger partial charge is 0.252 e. The number of amides is 1. The highest BCUT2D eigenvalue weighted by atomic mass is 16.1. The van der Waals surface area contributed by atoms with Crippen LogP contribution < -0.4 is 5.32 Å². The van der Waals surface area contributed by atoms with E-state index in [1.165, 1.54) is 12.8 Å². The molecule has 106 valence electrons. The van der Waals surface area contributed by atoms with Crippen LogP contribution in [0.4, 0.5) is 0 Å². The second kappa shape index (κ2) is 7.06. The lowest BCUT2D eigenvalue weighted by atomic mass is 10.1. The van der Waals surface area contributed by atoms with Crippen molar-refractivity contribution in [2.75, 3.05) is 13.1 Å². The molecule has 1 saturated heterocycles. The van der Waals surface area contributed by atoms with Crippen LogP contribution in [0.1, 0.15) is 42.1 Å².